The minimum atomic E-state index is -0.809. The van der Waals surface area contributed by atoms with Crippen molar-refractivity contribution in [2.45, 2.75) is 18.6 Å². The molecule has 196 valence electrons. The number of aromatic nitrogens is 2. The van der Waals surface area contributed by atoms with E-state index in [1.807, 2.05) is 0 Å². The van der Waals surface area contributed by atoms with Gasteiger partial charge >= 0.3 is 0 Å². The number of methoxy groups -OCH3 is 1. The van der Waals surface area contributed by atoms with Crippen LogP contribution in [0.1, 0.15) is 6.42 Å². The SMILES string of the molecule is COc1cc2c(Nc3ccc(Cl)cc3F)ncnc2cc1OCC(O)C(CCO)N1CCNCC1.Cl. The minimum Gasteiger partial charge on any atom is -0.493 e. The van der Waals surface area contributed by atoms with Crippen molar-refractivity contribution in [1.82, 2.24) is 20.2 Å². The number of aliphatic hydroxyl groups excluding tert-OH is 2. The van der Waals surface area contributed by atoms with Gasteiger partial charge in [-0.05, 0) is 30.7 Å². The summed E-state index contributed by atoms with van der Waals surface area (Å²) in [7, 11) is 1.51. The Morgan fingerprint density at radius 1 is 1.19 bits per heavy atom. The summed E-state index contributed by atoms with van der Waals surface area (Å²) >= 11 is 5.85. The molecule has 4 rings (SSSR count). The van der Waals surface area contributed by atoms with Crippen molar-refractivity contribution >= 4 is 46.4 Å². The van der Waals surface area contributed by atoms with E-state index in [2.05, 4.69) is 25.5 Å². The minimum absolute atomic E-state index is 0. The lowest BCUT2D eigenvalue weighted by molar-refractivity contribution is 0.00224. The van der Waals surface area contributed by atoms with Gasteiger partial charge in [-0.3, -0.25) is 4.90 Å². The molecule has 0 radical (unpaired) electrons. The number of fused-ring (bicyclic) bond motifs is 1. The molecule has 1 aliphatic rings. The molecule has 3 aromatic rings. The smallest absolute Gasteiger partial charge is 0.163 e. The third kappa shape index (κ3) is 6.64. The number of nitrogens with zero attached hydrogens (tertiary/aromatic N) is 3. The normalized spacial score (nSPS) is 15.7. The van der Waals surface area contributed by atoms with Gasteiger partial charge in [-0.15, -0.1) is 12.4 Å². The number of anilines is 2. The van der Waals surface area contributed by atoms with E-state index in [9.17, 15) is 14.6 Å². The molecule has 4 N–H and O–H groups in total. The summed E-state index contributed by atoms with van der Waals surface area (Å²) in [4.78, 5) is 10.7. The first-order chi connectivity index (χ1) is 17.0. The Hall–Kier alpha value is -2.47. The first-order valence-corrected chi connectivity index (χ1v) is 11.8. The number of nitrogens with one attached hydrogen (secondary N) is 2. The van der Waals surface area contributed by atoms with Gasteiger partial charge in [-0.25, -0.2) is 14.4 Å². The summed E-state index contributed by atoms with van der Waals surface area (Å²) in [5, 5.41) is 27.5. The summed E-state index contributed by atoms with van der Waals surface area (Å²) in [6.07, 6.45) is 1.00. The molecule has 0 saturated carbocycles. The Morgan fingerprint density at radius 2 is 1.97 bits per heavy atom. The molecule has 2 atom stereocenters. The molecule has 12 heteroatoms. The van der Waals surface area contributed by atoms with Crippen molar-refractivity contribution in [1.29, 1.82) is 0 Å². The monoisotopic (exact) mass is 541 g/mol. The molecule has 1 fully saturated rings. The van der Waals surface area contributed by atoms with Crippen LogP contribution in [-0.2, 0) is 0 Å². The van der Waals surface area contributed by atoms with Crippen LogP contribution in [0, 0.1) is 5.82 Å². The van der Waals surface area contributed by atoms with Crippen LogP contribution in [-0.4, -0.2) is 83.7 Å². The Kier molecular flexibility index (Phi) is 10.3. The van der Waals surface area contributed by atoms with Crippen LogP contribution in [0.25, 0.3) is 10.9 Å². The molecule has 0 aliphatic carbocycles. The molecule has 2 unspecified atom stereocenters. The van der Waals surface area contributed by atoms with Crippen LogP contribution in [0.3, 0.4) is 0 Å². The molecule has 0 bridgehead atoms. The van der Waals surface area contributed by atoms with Crippen molar-refractivity contribution in [3.63, 3.8) is 0 Å². The van der Waals surface area contributed by atoms with E-state index < -0.39 is 11.9 Å². The molecular weight excluding hydrogens is 512 g/mol. The lowest BCUT2D eigenvalue weighted by Gasteiger charge is -2.37. The second kappa shape index (κ2) is 13.2. The molecule has 2 aromatic carbocycles. The summed E-state index contributed by atoms with van der Waals surface area (Å²) in [6.45, 7) is 3.26. The number of piperazine rings is 1. The van der Waals surface area contributed by atoms with Crippen molar-refractivity contribution < 1.29 is 24.1 Å². The molecule has 2 heterocycles. The molecular formula is C24H30Cl2FN5O4. The predicted molar refractivity (Wildman–Crippen MR) is 139 cm³/mol. The van der Waals surface area contributed by atoms with E-state index >= 15 is 0 Å². The van der Waals surface area contributed by atoms with Crippen molar-refractivity contribution in [3.8, 4) is 11.5 Å². The fourth-order valence-electron chi connectivity index (χ4n) is 4.20. The summed E-state index contributed by atoms with van der Waals surface area (Å²) < 4.78 is 25.8. The number of hydrogen-bond donors (Lipinski definition) is 4. The van der Waals surface area contributed by atoms with Gasteiger partial charge in [0.2, 0.25) is 0 Å². The van der Waals surface area contributed by atoms with Gasteiger partial charge < -0.3 is 30.3 Å². The summed E-state index contributed by atoms with van der Waals surface area (Å²) in [5.74, 6) is 0.708. The van der Waals surface area contributed by atoms with E-state index in [0.717, 1.165) is 26.2 Å². The van der Waals surface area contributed by atoms with E-state index in [1.54, 1.807) is 18.2 Å². The largest absolute Gasteiger partial charge is 0.493 e. The van der Waals surface area contributed by atoms with Crippen LogP contribution >= 0.6 is 24.0 Å². The molecule has 9 nitrogen and oxygen atoms in total. The highest BCUT2D eigenvalue weighted by Gasteiger charge is 2.27. The van der Waals surface area contributed by atoms with Gasteiger partial charge in [0, 0.05) is 55.3 Å². The maximum absolute atomic E-state index is 14.3. The van der Waals surface area contributed by atoms with E-state index in [0.29, 0.717) is 39.7 Å². The van der Waals surface area contributed by atoms with Crippen LogP contribution in [0.5, 0.6) is 11.5 Å². The molecule has 0 amide bonds. The fourth-order valence-corrected chi connectivity index (χ4v) is 4.36. The molecule has 1 aromatic heterocycles. The van der Waals surface area contributed by atoms with Crippen LogP contribution in [0.2, 0.25) is 5.02 Å². The van der Waals surface area contributed by atoms with Gasteiger partial charge in [-0.2, -0.15) is 0 Å². The van der Waals surface area contributed by atoms with Crippen molar-refractivity contribution in [2.75, 3.05) is 51.8 Å². The average Bonchev–Trinajstić information content (AvgIpc) is 2.87. The number of ether oxygens (including phenoxy) is 2. The second-order valence-corrected chi connectivity index (χ2v) is 8.67. The predicted octanol–water partition coefficient (Wildman–Crippen LogP) is 2.99. The Bertz CT molecular complexity index is 1150. The number of rotatable bonds is 10. The average molecular weight is 542 g/mol. The van der Waals surface area contributed by atoms with Gasteiger partial charge in [0.05, 0.1) is 18.3 Å². The topological polar surface area (TPSA) is 112 Å². The van der Waals surface area contributed by atoms with Crippen molar-refractivity contribution in [2.24, 2.45) is 0 Å². The maximum Gasteiger partial charge on any atom is 0.163 e. The first-order valence-electron chi connectivity index (χ1n) is 11.4. The molecule has 1 aliphatic heterocycles. The van der Waals surface area contributed by atoms with E-state index in [1.165, 1.54) is 25.6 Å². The lowest BCUT2D eigenvalue weighted by atomic mass is 10.1. The van der Waals surface area contributed by atoms with Crippen LogP contribution < -0.4 is 20.1 Å². The highest BCUT2D eigenvalue weighted by atomic mass is 35.5. The van der Waals surface area contributed by atoms with Gasteiger partial charge in [0.1, 0.15) is 30.7 Å². The Morgan fingerprint density at radius 3 is 2.67 bits per heavy atom. The third-order valence-electron chi connectivity index (χ3n) is 6.00. The van der Waals surface area contributed by atoms with Gasteiger partial charge in [0.15, 0.2) is 11.5 Å². The zero-order valence-corrected chi connectivity index (χ0v) is 21.4. The van der Waals surface area contributed by atoms with E-state index in [4.69, 9.17) is 21.1 Å². The molecule has 1 saturated heterocycles. The third-order valence-corrected chi connectivity index (χ3v) is 6.24. The van der Waals surface area contributed by atoms with Crippen LogP contribution in [0.4, 0.5) is 15.9 Å². The molecule has 36 heavy (non-hydrogen) atoms. The summed E-state index contributed by atoms with van der Waals surface area (Å²) in [5.41, 5.74) is 0.774. The highest BCUT2D eigenvalue weighted by Crippen LogP contribution is 2.35. The number of aliphatic hydroxyl groups is 2. The zero-order chi connectivity index (χ0) is 24.8. The maximum atomic E-state index is 14.3. The van der Waals surface area contributed by atoms with Gasteiger partial charge in [-0.1, -0.05) is 11.6 Å². The summed E-state index contributed by atoms with van der Waals surface area (Å²) in [6, 6.07) is 7.50. The number of benzene rings is 2. The number of hydrogen-bond acceptors (Lipinski definition) is 9. The number of halogens is 3. The quantitative estimate of drug-likeness (QED) is 0.307. The first kappa shape index (κ1) is 28.1. The van der Waals surface area contributed by atoms with Crippen LogP contribution in [0.15, 0.2) is 36.7 Å². The Balaban J connectivity index is 0.00000361. The fraction of sp³-hybridized carbons (Fsp3) is 0.417. The standard InChI is InChI=1S/C24H29ClFN5O4.ClH/c1-34-22-11-16-19(28-14-29-24(16)30-18-3-2-15(25)10-17(18)26)12-23(22)35-13-21(33)20(4-9-32)31-7-5-27-6-8-31;/h2-3,10-12,14,20-21,27,32-33H,4-9,13H2,1H3,(H,28,29,30);1H. The molecule has 0 spiro atoms. The lowest BCUT2D eigenvalue weighted by Crippen LogP contribution is -2.53. The zero-order valence-electron chi connectivity index (χ0n) is 19.8. The van der Waals surface area contributed by atoms with E-state index in [-0.39, 0.29) is 37.4 Å². The van der Waals surface area contributed by atoms with Crippen molar-refractivity contribution in [3.05, 3.63) is 47.5 Å². The van der Waals surface area contributed by atoms with Gasteiger partial charge in [0.25, 0.3) is 0 Å². The second-order valence-electron chi connectivity index (χ2n) is 8.24. The Labute approximate surface area is 220 Å². The highest BCUT2D eigenvalue weighted by molar-refractivity contribution is 6.30.